The monoisotopic (exact) mass is 156 g/mol. The van der Waals surface area contributed by atoms with Crippen molar-refractivity contribution in [2.45, 2.75) is 13.8 Å². The van der Waals surface area contributed by atoms with Gasteiger partial charge in [-0.15, -0.1) is 0 Å². The lowest BCUT2D eigenvalue weighted by Gasteiger charge is -2.05. The van der Waals surface area contributed by atoms with E-state index in [0.29, 0.717) is 0 Å². The molecule has 0 saturated heterocycles. The van der Waals surface area contributed by atoms with Crippen LogP contribution in [0, 0.1) is 5.92 Å². The molecule has 0 atom stereocenters. The molecule has 0 unspecified atom stereocenters. The van der Waals surface area contributed by atoms with Crippen molar-refractivity contribution < 1.29 is 0 Å². The number of nitrogens with zero attached hydrogens (tertiary/aromatic N) is 1. The lowest BCUT2D eigenvalue weighted by molar-refractivity contribution is 0.551. The van der Waals surface area contributed by atoms with Crippen LogP contribution in [0.2, 0.25) is 0 Å². The van der Waals surface area contributed by atoms with E-state index in [9.17, 15) is 0 Å². The third kappa shape index (κ3) is 9.50. The highest BCUT2D eigenvalue weighted by Gasteiger charge is 1.88. The molecule has 0 aromatic heterocycles. The predicted octanol–water partition coefficient (Wildman–Crippen LogP) is 1.31. The quantitative estimate of drug-likeness (QED) is 0.604. The fourth-order valence-electron chi connectivity index (χ4n) is 0.719. The molecule has 2 nitrogen and oxygen atoms in total. The average Bonchev–Trinajstić information content (AvgIpc) is 1.85. The molecule has 0 bridgehead atoms. The Morgan fingerprint density at radius 1 is 1.36 bits per heavy atom. The van der Waals surface area contributed by atoms with Crippen LogP contribution in [0.25, 0.3) is 0 Å². The normalized spacial score (nSPS) is 11.4. The molecular weight excluding hydrogens is 136 g/mol. The topological polar surface area (TPSA) is 15.3 Å². The van der Waals surface area contributed by atoms with Gasteiger partial charge in [0.15, 0.2) is 0 Å². The summed E-state index contributed by atoms with van der Waals surface area (Å²) in [6, 6.07) is 0. The molecule has 1 N–H and O–H groups in total. The maximum atomic E-state index is 3.33. The third-order valence-electron chi connectivity index (χ3n) is 1.22. The van der Waals surface area contributed by atoms with E-state index in [1.807, 2.05) is 19.0 Å². The highest BCUT2D eigenvalue weighted by Crippen LogP contribution is 1.86. The summed E-state index contributed by atoms with van der Waals surface area (Å²) in [5.74, 6) is 0.739. The first kappa shape index (κ1) is 10.5. The molecule has 0 saturated carbocycles. The fraction of sp³-hybridized carbons (Fsp3) is 0.778. The van der Waals surface area contributed by atoms with Crippen LogP contribution >= 0.6 is 0 Å². The summed E-state index contributed by atoms with van der Waals surface area (Å²) in [4.78, 5) is 2.04. The van der Waals surface area contributed by atoms with E-state index in [2.05, 4.69) is 31.4 Å². The minimum Gasteiger partial charge on any atom is -0.384 e. The summed E-state index contributed by atoms with van der Waals surface area (Å²) >= 11 is 0. The molecule has 0 spiro atoms. The van der Waals surface area contributed by atoms with E-state index in [4.69, 9.17) is 0 Å². The van der Waals surface area contributed by atoms with Gasteiger partial charge in [0.1, 0.15) is 0 Å². The van der Waals surface area contributed by atoms with E-state index in [-0.39, 0.29) is 0 Å². The highest BCUT2D eigenvalue weighted by molar-refractivity contribution is 4.81. The standard InChI is InChI=1S/C9H20N2/c1-9(2)8-10-6-5-7-11(3)4/h5,7,9-10H,6,8H2,1-4H3/b7-5+. The molecule has 0 heterocycles. The predicted molar refractivity (Wildman–Crippen MR) is 50.5 cm³/mol. The summed E-state index contributed by atoms with van der Waals surface area (Å²) < 4.78 is 0. The van der Waals surface area contributed by atoms with Gasteiger partial charge in [0, 0.05) is 20.6 Å². The Hall–Kier alpha value is -0.500. The van der Waals surface area contributed by atoms with Crippen LogP contribution in [0.15, 0.2) is 12.3 Å². The Morgan fingerprint density at radius 3 is 2.45 bits per heavy atom. The minimum atomic E-state index is 0.739. The zero-order chi connectivity index (χ0) is 8.69. The molecule has 0 aromatic rings. The molecule has 0 rings (SSSR count). The van der Waals surface area contributed by atoms with Gasteiger partial charge in [-0.25, -0.2) is 0 Å². The van der Waals surface area contributed by atoms with Gasteiger partial charge in [0.25, 0.3) is 0 Å². The molecule has 0 aliphatic heterocycles. The Bertz CT molecular complexity index is 106. The van der Waals surface area contributed by atoms with Crippen molar-refractivity contribution in [2.24, 2.45) is 5.92 Å². The summed E-state index contributed by atoms with van der Waals surface area (Å²) in [7, 11) is 4.05. The first-order valence-corrected chi connectivity index (χ1v) is 4.16. The third-order valence-corrected chi connectivity index (χ3v) is 1.22. The molecule has 2 heteroatoms. The van der Waals surface area contributed by atoms with Crippen molar-refractivity contribution in [3.05, 3.63) is 12.3 Å². The van der Waals surface area contributed by atoms with E-state index >= 15 is 0 Å². The molecule has 0 amide bonds. The summed E-state index contributed by atoms with van der Waals surface area (Å²) in [5.41, 5.74) is 0. The minimum absolute atomic E-state index is 0.739. The lowest BCUT2D eigenvalue weighted by Crippen LogP contribution is -2.19. The van der Waals surface area contributed by atoms with Gasteiger partial charge in [0.2, 0.25) is 0 Å². The second kappa shape index (κ2) is 6.23. The van der Waals surface area contributed by atoms with E-state index in [0.717, 1.165) is 19.0 Å². The van der Waals surface area contributed by atoms with Gasteiger partial charge < -0.3 is 10.2 Å². The van der Waals surface area contributed by atoms with Crippen LogP contribution in [0.4, 0.5) is 0 Å². The van der Waals surface area contributed by atoms with Crippen molar-refractivity contribution in [1.82, 2.24) is 10.2 Å². The maximum Gasteiger partial charge on any atom is 0.0152 e. The molecular formula is C9H20N2. The lowest BCUT2D eigenvalue weighted by atomic mass is 10.2. The second-order valence-electron chi connectivity index (χ2n) is 3.40. The van der Waals surface area contributed by atoms with E-state index in [1.165, 1.54) is 0 Å². The van der Waals surface area contributed by atoms with Crippen molar-refractivity contribution in [1.29, 1.82) is 0 Å². The Balaban J connectivity index is 3.14. The highest BCUT2D eigenvalue weighted by atomic mass is 15.0. The Morgan fingerprint density at radius 2 is 2.00 bits per heavy atom. The number of hydrogen-bond donors (Lipinski definition) is 1. The van der Waals surface area contributed by atoms with Crippen LogP contribution in [0.3, 0.4) is 0 Å². The van der Waals surface area contributed by atoms with Gasteiger partial charge in [-0.1, -0.05) is 19.9 Å². The van der Waals surface area contributed by atoms with Gasteiger partial charge in [-0.2, -0.15) is 0 Å². The number of nitrogens with one attached hydrogen (secondary N) is 1. The fourth-order valence-corrected chi connectivity index (χ4v) is 0.719. The van der Waals surface area contributed by atoms with Gasteiger partial charge in [0.05, 0.1) is 0 Å². The second-order valence-corrected chi connectivity index (χ2v) is 3.40. The summed E-state index contributed by atoms with van der Waals surface area (Å²) in [5, 5.41) is 3.33. The first-order valence-electron chi connectivity index (χ1n) is 4.16. The number of rotatable bonds is 5. The van der Waals surface area contributed by atoms with Crippen LogP contribution in [-0.4, -0.2) is 32.1 Å². The van der Waals surface area contributed by atoms with Crippen molar-refractivity contribution in [3.8, 4) is 0 Å². The molecule has 0 aliphatic carbocycles. The summed E-state index contributed by atoms with van der Waals surface area (Å²) in [6.45, 7) is 6.49. The zero-order valence-electron chi connectivity index (χ0n) is 8.09. The van der Waals surface area contributed by atoms with Gasteiger partial charge in [-0.05, 0) is 18.7 Å². The number of hydrogen-bond acceptors (Lipinski definition) is 2. The van der Waals surface area contributed by atoms with Gasteiger partial charge >= 0.3 is 0 Å². The van der Waals surface area contributed by atoms with Crippen LogP contribution in [0.1, 0.15) is 13.8 Å². The largest absolute Gasteiger partial charge is 0.384 e. The zero-order valence-corrected chi connectivity index (χ0v) is 8.09. The molecule has 0 aromatic carbocycles. The van der Waals surface area contributed by atoms with Crippen LogP contribution < -0.4 is 5.32 Å². The summed E-state index contributed by atoms with van der Waals surface area (Å²) in [6.07, 6.45) is 4.19. The van der Waals surface area contributed by atoms with Crippen molar-refractivity contribution in [2.75, 3.05) is 27.2 Å². The Kier molecular flexibility index (Phi) is 5.94. The average molecular weight is 156 g/mol. The van der Waals surface area contributed by atoms with Crippen LogP contribution in [-0.2, 0) is 0 Å². The smallest absolute Gasteiger partial charge is 0.0152 e. The van der Waals surface area contributed by atoms with Crippen molar-refractivity contribution >= 4 is 0 Å². The first-order chi connectivity index (χ1) is 5.13. The van der Waals surface area contributed by atoms with E-state index in [1.54, 1.807) is 0 Å². The van der Waals surface area contributed by atoms with Crippen molar-refractivity contribution in [3.63, 3.8) is 0 Å². The van der Waals surface area contributed by atoms with Gasteiger partial charge in [-0.3, -0.25) is 0 Å². The van der Waals surface area contributed by atoms with E-state index < -0.39 is 0 Å². The molecule has 11 heavy (non-hydrogen) atoms. The van der Waals surface area contributed by atoms with Crippen LogP contribution in [0.5, 0.6) is 0 Å². The SMILES string of the molecule is CC(C)CNC/C=C/N(C)C. The molecule has 66 valence electrons. The molecule has 0 radical (unpaired) electrons. The molecule has 0 aliphatic rings. The Labute approximate surface area is 70.3 Å². The maximum absolute atomic E-state index is 3.33. The molecule has 0 fully saturated rings.